The number of rotatable bonds is 13. The summed E-state index contributed by atoms with van der Waals surface area (Å²) in [4.78, 5) is 77.9. The zero-order valence-corrected chi connectivity index (χ0v) is 30.7. The molecule has 20 nitrogen and oxygen atoms in total. The van der Waals surface area contributed by atoms with Gasteiger partial charge in [0.05, 0.1) is 29.7 Å². The smallest absolute Gasteiger partial charge is 0.425 e. The van der Waals surface area contributed by atoms with Crippen LogP contribution in [0, 0.1) is 0 Å². The van der Waals surface area contributed by atoms with Gasteiger partial charge in [-0.05, 0) is 36.4 Å². The lowest BCUT2D eigenvalue weighted by molar-refractivity contribution is -0.237. The van der Waals surface area contributed by atoms with Crippen molar-refractivity contribution >= 4 is 34.3 Å². The highest BCUT2D eigenvalue weighted by Crippen LogP contribution is 2.30. The number of hydrogen-bond donors (Lipinski definition) is 4. The second-order valence-corrected chi connectivity index (χ2v) is 14.0. The molecule has 0 bridgehead atoms. The average molecular weight is 826 g/mol. The largest absolute Gasteiger partial charge is 0.459 e. The van der Waals surface area contributed by atoms with Gasteiger partial charge in [-0.15, -0.1) is 0 Å². The quantitative estimate of drug-likeness (QED) is 0.106. The van der Waals surface area contributed by atoms with E-state index >= 15 is 0 Å². The molecule has 8 atom stereocenters. The topological polar surface area (TPSA) is 274 Å². The number of hydrogen-bond acceptors (Lipinski definition) is 17. The minimum absolute atomic E-state index is 0.105. The predicted octanol–water partition coefficient (Wildman–Crippen LogP) is 0.567. The molecular weight excluding hydrogens is 790 g/mol. The van der Waals surface area contributed by atoms with E-state index in [0.29, 0.717) is 0 Å². The van der Waals surface area contributed by atoms with Crippen LogP contribution in [0.15, 0.2) is 113 Å². The Kier molecular flexibility index (Phi) is 13.1. The van der Waals surface area contributed by atoms with Crippen molar-refractivity contribution in [2.45, 2.75) is 55.6 Å². The SMILES string of the molecule is O=C(NS(=O)(=O)OC[C@H]1O[C@@H](n2ccc(=O)[nH]c2=O)[C@H](O)[C@@H]1O)O[C@@H]1C[C@@H](OC(=O)c2ccccc2)[C@H](OC(=O)c2ccccc2)[C@@H](COC(=O)c2ccccc2)O1. The van der Waals surface area contributed by atoms with Crippen molar-refractivity contribution in [2.24, 2.45) is 0 Å². The van der Waals surface area contributed by atoms with E-state index in [9.17, 15) is 47.4 Å². The number of amides is 1. The van der Waals surface area contributed by atoms with Crippen LogP contribution in [-0.4, -0.2) is 108 Å². The fourth-order valence-corrected chi connectivity index (χ4v) is 6.51. The Morgan fingerprint density at radius 3 is 1.88 bits per heavy atom. The molecule has 0 radical (unpaired) electrons. The van der Waals surface area contributed by atoms with Crippen molar-refractivity contribution < 1.29 is 70.4 Å². The van der Waals surface area contributed by atoms with Gasteiger partial charge >= 0.3 is 40.0 Å². The summed E-state index contributed by atoms with van der Waals surface area (Å²) in [6.45, 7) is -1.61. The van der Waals surface area contributed by atoms with Crippen LogP contribution >= 0.6 is 0 Å². The lowest BCUT2D eigenvalue weighted by Crippen LogP contribution is -2.55. The summed E-state index contributed by atoms with van der Waals surface area (Å²) in [7, 11) is -5.04. The summed E-state index contributed by atoms with van der Waals surface area (Å²) in [6, 6.07) is 24.3. The number of aliphatic hydroxyl groups is 2. The van der Waals surface area contributed by atoms with Gasteiger partial charge in [0.2, 0.25) is 6.29 Å². The standard InChI is InChI=1S/C37H35N3O17S/c41-27-16-17-40(36(47)38-27)32-30(43)29(42)25(54-32)20-52-58(49,50)39-37(48)56-28-18-24(55-34(45)22-12-6-2-7-13-22)31(57-35(46)23-14-8-3-9-15-23)26(53-28)19-51-33(44)21-10-4-1-5-11-21/h1-17,24-26,28-32,42-43H,18-20H2,(H,39,48)(H,38,41,47)/t24-,25-,26-,28-,29-,30-,31+,32-/m1/s1. The molecule has 3 heterocycles. The van der Waals surface area contributed by atoms with Gasteiger partial charge in [0.15, 0.2) is 12.3 Å². The van der Waals surface area contributed by atoms with Crippen LogP contribution in [0.4, 0.5) is 4.79 Å². The third-order valence-corrected chi connectivity index (χ3v) is 9.55. The highest BCUT2D eigenvalue weighted by Gasteiger charge is 2.47. The molecule has 4 N–H and O–H groups in total. The Morgan fingerprint density at radius 1 is 0.724 bits per heavy atom. The first-order chi connectivity index (χ1) is 27.8. The molecule has 2 aliphatic heterocycles. The lowest BCUT2D eigenvalue weighted by atomic mass is 10.0. The zero-order chi connectivity index (χ0) is 41.4. The number of aromatic amines is 1. The third-order valence-electron chi connectivity index (χ3n) is 8.69. The van der Waals surface area contributed by atoms with Crippen molar-refractivity contribution in [1.82, 2.24) is 14.3 Å². The first kappa shape index (κ1) is 41.4. The highest BCUT2D eigenvalue weighted by molar-refractivity contribution is 7.85. The molecule has 1 amide bonds. The fourth-order valence-electron chi connectivity index (χ4n) is 5.89. The summed E-state index contributed by atoms with van der Waals surface area (Å²) in [5.74, 6) is -2.54. The van der Waals surface area contributed by atoms with E-state index in [1.165, 1.54) is 41.1 Å². The van der Waals surface area contributed by atoms with Gasteiger partial charge in [-0.1, -0.05) is 54.6 Å². The van der Waals surface area contributed by atoms with Crippen molar-refractivity contribution in [3.8, 4) is 0 Å². The Balaban J connectivity index is 1.16. The third kappa shape index (κ3) is 10.4. The molecule has 2 fully saturated rings. The van der Waals surface area contributed by atoms with Crippen LogP contribution < -0.4 is 16.0 Å². The first-order valence-corrected chi connectivity index (χ1v) is 18.8. The van der Waals surface area contributed by atoms with Crippen LogP contribution in [-0.2, 0) is 42.9 Å². The highest BCUT2D eigenvalue weighted by atomic mass is 32.2. The molecular formula is C37H35N3O17S. The Morgan fingerprint density at radius 2 is 1.29 bits per heavy atom. The van der Waals surface area contributed by atoms with E-state index in [1.54, 1.807) is 54.6 Å². The van der Waals surface area contributed by atoms with Gasteiger partial charge in [0.1, 0.15) is 37.1 Å². The number of ether oxygens (including phenoxy) is 6. The first-order valence-electron chi connectivity index (χ1n) is 17.4. The van der Waals surface area contributed by atoms with Crippen LogP contribution in [0.3, 0.4) is 0 Å². The van der Waals surface area contributed by atoms with E-state index < -0.39 is 114 Å². The fraction of sp³-hybridized carbons (Fsp3) is 0.297. The molecule has 0 unspecified atom stereocenters. The number of nitrogens with one attached hydrogen (secondary N) is 2. The molecule has 58 heavy (non-hydrogen) atoms. The molecule has 306 valence electrons. The monoisotopic (exact) mass is 825 g/mol. The van der Waals surface area contributed by atoms with Gasteiger partial charge in [-0.25, -0.2) is 24.0 Å². The lowest BCUT2D eigenvalue weighted by Gasteiger charge is -2.39. The number of aromatic nitrogens is 2. The normalized spacial score (nSPS) is 24.2. The Hall–Kier alpha value is -6.23. The minimum Gasteiger partial charge on any atom is -0.459 e. The van der Waals surface area contributed by atoms with Crippen molar-refractivity contribution in [3.05, 3.63) is 141 Å². The van der Waals surface area contributed by atoms with E-state index in [0.717, 1.165) is 16.8 Å². The molecule has 3 aromatic carbocycles. The van der Waals surface area contributed by atoms with Gasteiger partial charge in [-0.3, -0.25) is 18.5 Å². The second kappa shape index (κ2) is 18.4. The number of aliphatic hydroxyl groups excluding tert-OH is 2. The molecule has 4 aromatic rings. The van der Waals surface area contributed by atoms with Crippen LogP contribution in [0.1, 0.15) is 43.7 Å². The molecule has 6 rings (SSSR count). The van der Waals surface area contributed by atoms with E-state index in [2.05, 4.69) is 0 Å². The second-order valence-electron chi connectivity index (χ2n) is 12.7. The van der Waals surface area contributed by atoms with Gasteiger partial charge in [0, 0.05) is 12.3 Å². The Labute approximate surface area is 328 Å². The summed E-state index contributed by atoms with van der Waals surface area (Å²) in [6.07, 6.45) is -13.9. The Bertz CT molecular complexity index is 2310. The molecule has 0 spiro atoms. The number of nitrogens with zero attached hydrogens (tertiary/aromatic N) is 1. The summed E-state index contributed by atoms with van der Waals surface area (Å²) >= 11 is 0. The molecule has 0 aliphatic carbocycles. The number of carbonyl (C=O) groups is 4. The predicted molar refractivity (Wildman–Crippen MR) is 193 cm³/mol. The zero-order valence-electron chi connectivity index (χ0n) is 29.9. The molecule has 21 heteroatoms. The van der Waals surface area contributed by atoms with E-state index in [4.69, 9.17) is 32.6 Å². The van der Waals surface area contributed by atoms with Crippen LogP contribution in [0.25, 0.3) is 0 Å². The van der Waals surface area contributed by atoms with Crippen molar-refractivity contribution in [3.63, 3.8) is 0 Å². The maximum absolute atomic E-state index is 13.3. The van der Waals surface area contributed by atoms with Crippen LogP contribution in [0.5, 0.6) is 0 Å². The summed E-state index contributed by atoms with van der Waals surface area (Å²) < 4.78 is 66.0. The molecule has 2 saturated heterocycles. The average Bonchev–Trinajstić information content (AvgIpc) is 3.49. The van der Waals surface area contributed by atoms with E-state index in [1.807, 2.05) is 4.98 Å². The minimum atomic E-state index is -5.04. The van der Waals surface area contributed by atoms with Crippen molar-refractivity contribution in [2.75, 3.05) is 13.2 Å². The van der Waals surface area contributed by atoms with Crippen molar-refractivity contribution in [1.29, 1.82) is 0 Å². The number of benzene rings is 3. The summed E-state index contributed by atoms with van der Waals surface area (Å²) in [5, 5.41) is 20.9. The maximum Gasteiger partial charge on any atom is 0.425 e. The number of carbonyl (C=O) groups excluding carboxylic acids is 4. The van der Waals surface area contributed by atoms with Gasteiger partial charge in [-0.2, -0.15) is 13.1 Å². The maximum atomic E-state index is 13.3. The van der Waals surface area contributed by atoms with Crippen LogP contribution in [0.2, 0.25) is 0 Å². The summed E-state index contributed by atoms with van der Waals surface area (Å²) in [5.41, 5.74) is -1.35. The number of H-pyrrole nitrogens is 1. The van der Waals surface area contributed by atoms with Gasteiger partial charge in [0.25, 0.3) is 5.56 Å². The van der Waals surface area contributed by atoms with Gasteiger partial charge < -0.3 is 38.6 Å². The number of esters is 3. The molecule has 1 aromatic heterocycles. The van der Waals surface area contributed by atoms with E-state index in [-0.39, 0.29) is 16.7 Å². The molecule has 0 saturated carbocycles. The molecule has 2 aliphatic rings.